The van der Waals surface area contributed by atoms with E-state index < -0.39 is 16.1 Å². The maximum Gasteiger partial charge on any atom is 0.243 e. The molecule has 0 saturated carbocycles. The van der Waals surface area contributed by atoms with Gasteiger partial charge in [0.25, 0.3) is 0 Å². The SMILES string of the molecule is CC(O)C1CCN(S(=O)(=O)c2cccc(C#N)c2)C1. The minimum Gasteiger partial charge on any atom is -0.393 e. The fraction of sp³-hybridized carbons (Fsp3) is 0.462. The number of hydrogen-bond acceptors (Lipinski definition) is 4. The van der Waals surface area contributed by atoms with Crippen LogP contribution in [0.25, 0.3) is 0 Å². The lowest BCUT2D eigenvalue weighted by atomic mass is 10.0. The fourth-order valence-corrected chi connectivity index (χ4v) is 3.80. The topological polar surface area (TPSA) is 81.4 Å². The lowest BCUT2D eigenvalue weighted by Gasteiger charge is -2.17. The van der Waals surface area contributed by atoms with Crippen molar-refractivity contribution in [3.8, 4) is 6.07 Å². The summed E-state index contributed by atoms with van der Waals surface area (Å²) in [5, 5.41) is 18.3. The van der Waals surface area contributed by atoms with E-state index in [1.54, 1.807) is 19.1 Å². The minimum absolute atomic E-state index is 0.0195. The number of benzene rings is 1. The summed E-state index contributed by atoms with van der Waals surface area (Å²) in [5.41, 5.74) is 0.326. The van der Waals surface area contributed by atoms with E-state index in [9.17, 15) is 13.5 Å². The molecule has 1 aliphatic heterocycles. The summed E-state index contributed by atoms with van der Waals surface area (Å²) in [6, 6.07) is 7.94. The Balaban J connectivity index is 2.26. The van der Waals surface area contributed by atoms with Crippen molar-refractivity contribution in [2.45, 2.75) is 24.3 Å². The summed E-state index contributed by atoms with van der Waals surface area (Å²) >= 11 is 0. The molecule has 0 bridgehead atoms. The third kappa shape index (κ3) is 2.78. The first-order chi connectivity index (χ1) is 8.95. The van der Waals surface area contributed by atoms with E-state index in [1.165, 1.54) is 16.4 Å². The monoisotopic (exact) mass is 280 g/mol. The van der Waals surface area contributed by atoms with Crippen molar-refractivity contribution in [2.75, 3.05) is 13.1 Å². The van der Waals surface area contributed by atoms with Crippen molar-refractivity contribution >= 4 is 10.0 Å². The van der Waals surface area contributed by atoms with Gasteiger partial charge in [-0.2, -0.15) is 9.57 Å². The Bertz CT molecular complexity index is 605. The predicted molar refractivity (Wildman–Crippen MR) is 69.7 cm³/mol. The Morgan fingerprint density at radius 3 is 2.84 bits per heavy atom. The molecule has 2 unspecified atom stereocenters. The van der Waals surface area contributed by atoms with Gasteiger partial charge in [-0.05, 0) is 37.5 Å². The standard InChI is InChI=1S/C13H16N2O3S/c1-10(16)12-5-6-15(9-12)19(17,18)13-4-2-3-11(7-13)8-14/h2-4,7,10,12,16H,5-6,9H2,1H3. The number of aliphatic hydroxyl groups excluding tert-OH is 1. The van der Waals surface area contributed by atoms with Gasteiger partial charge in [0.05, 0.1) is 22.6 Å². The highest BCUT2D eigenvalue weighted by Gasteiger charge is 2.34. The quantitative estimate of drug-likeness (QED) is 0.893. The van der Waals surface area contributed by atoms with Crippen LogP contribution in [-0.2, 0) is 10.0 Å². The van der Waals surface area contributed by atoms with Crippen LogP contribution in [0.2, 0.25) is 0 Å². The highest BCUT2D eigenvalue weighted by atomic mass is 32.2. The second-order valence-electron chi connectivity index (χ2n) is 4.79. The largest absolute Gasteiger partial charge is 0.393 e. The number of nitrogens with zero attached hydrogens (tertiary/aromatic N) is 2. The smallest absolute Gasteiger partial charge is 0.243 e. The Kier molecular flexibility index (Phi) is 3.90. The van der Waals surface area contributed by atoms with Crippen LogP contribution < -0.4 is 0 Å². The molecule has 1 saturated heterocycles. The second-order valence-corrected chi connectivity index (χ2v) is 6.73. The third-order valence-electron chi connectivity index (χ3n) is 3.47. The molecular weight excluding hydrogens is 264 g/mol. The van der Waals surface area contributed by atoms with Gasteiger partial charge in [0.15, 0.2) is 0 Å². The fourth-order valence-electron chi connectivity index (χ4n) is 2.24. The first-order valence-corrected chi connectivity index (χ1v) is 7.57. The zero-order valence-electron chi connectivity index (χ0n) is 10.7. The van der Waals surface area contributed by atoms with E-state index in [1.807, 2.05) is 6.07 Å². The van der Waals surface area contributed by atoms with Gasteiger partial charge in [-0.3, -0.25) is 0 Å². The van der Waals surface area contributed by atoms with E-state index in [0.29, 0.717) is 25.1 Å². The lowest BCUT2D eigenvalue weighted by Crippen LogP contribution is -2.30. The molecule has 6 heteroatoms. The van der Waals surface area contributed by atoms with Crippen LogP contribution in [0.4, 0.5) is 0 Å². The van der Waals surface area contributed by atoms with Crippen LogP contribution >= 0.6 is 0 Å². The molecule has 1 aliphatic rings. The molecule has 2 rings (SSSR count). The Morgan fingerprint density at radius 1 is 1.53 bits per heavy atom. The normalized spacial score (nSPS) is 22.1. The maximum atomic E-state index is 12.4. The van der Waals surface area contributed by atoms with Gasteiger partial charge < -0.3 is 5.11 Å². The van der Waals surface area contributed by atoms with Crippen LogP contribution in [0.1, 0.15) is 18.9 Å². The molecule has 102 valence electrons. The highest BCUT2D eigenvalue weighted by Crippen LogP contribution is 2.26. The van der Waals surface area contributed by atoms with Crippen LogP contribution in [0, 0.1) is 17.2 Å². The molecule has 1 N–H and O–H groups in total. The predicted octanol–water partition coefficient (Wildman–Crippen LogP) is 0.950. The zero-order valence-corrected chi connectivity index (χ0v) is 11.5. The molecule has 19 heavy (non-hydrogen) atoms. The molecule has 0 radical (unpaired) electrons. The van der Waals surface area contributed by atoms with Gasteiger partial charge in [-0.25, -0.2) is 8.42 Å². The van der Waals surface area contributed by atoms with E-state index in [2.05, 4.69) is 0 Å². The first-order valence-electron chi connectivity index (χ1n) is 6.13. The lowest BCUT2D eigenvalue weighted by molar-refractivity contribution is 0.133. The van der Waals surface area contributed by atoms with Gasteiger partial charge >= 0.3 is 0 Å². The summed E-state index contributed by atoms with van der Waals surface area (Å²) in [6.07, 6.45) is 0.153. The average Bonchev–Trinajstić information content (AvgIpc) is 2.89. The van der Waals surface area contributed by atoms with Crippen molar-refractivity contribution in [2.24, 2.45) is 5.92 Å². The van der Waals surface area contributed by atoms with Crippen molar-refractivity contribution in [3.05, 3.63) is 29.8 Å². The van der Waals surface area contributed by atoms with Crippen molar-refractivity contribution in [1.82, 2.24) is 4.31 Å². The molecule has 1 heterocycles. The number of hydrogen-bond donors (Lipinski definition) is 1. The number of sulfonamides is 1. The Labute approximate surface area is 113 Å². The van der Waals surface area contributed by atoms with Crippen LogP contribution in [0.5, 0.6) is 0 Å². The maximum absolute atomic E-state index is 12.4. The number of nitriles is 1. The van der Waals surface area contributed by atoms with Crippen LogP contribution in [0.15, 0.2) is 29.2 Å². The number of aliphatic hydroxyl groups is 1. The second kappa shape index (κ2) is 5.29. The van der Waals surface area contributed by atoms with Crippen molar-refractivity contribution in [1.29, 1.82) is 5.26 Å². The van der Waals surface area contributed by atoms with E-state index in [0.717, 1.165) is 0 Å². The van der Waals surface area contributed by atoms with Gasteiger partial charge in [0, 0.05) is 13.1 Å². The number of rotatable bonds is 3. The van der Waals surface area contributed by atoms with Crippen LogP contribution in [0.3, 0.4) is 0 Å². The van der Waals surface area contributed by atoms with Crippen LogP contribution in [-0.4, -0.2) is 37.0 Å². The average molecular weight is 280 g/mol. The third-order valence-corrected chi connectivity index (χ3v) is 5.33. The molecular formula is C13H16N2O3S. The summed E-state index contributed by atoms with van der Waals surface area (Å²) < 4.78 is 26.2. The molecule has 1 fully saturated rings. The van der Waals surface area contributed by atoms with Gasteiger partial charge in [0.2, 0.25) is 10.0 Å². The van der Waals surface area contributed by atoms with E-state index >= 15 is 0 Å². The molecule has 0 aromatic heterocycles. The zero-order chi connectivity index (χ0) is 14.0. The van der Waals surface area contributed by atoms with Gasteiger partial charge in [0.1, 0.15) is 0 Å². The molecule has 0 amide bonds. The van der Waals surface area contributed by atoms with E-state index in [4.69, 9.17) is 5.26 Å². The van der Waals surface area contributed by atoms with E-state index in [-0.39, 0.29) is 10.8 Å². The Hall–Kier alpha value is -1.42. The molecule has 1 aromatic carbocycles. The summed E-state index contributed by atoms with van der Waals surface area (Å²) in [6.45, 7) is 2.42. The van der Waals surface area contributed by atoms with Gasteiger partial charge in [-0.1, -0.05) is 6.07 Å². The van der Waals surface area contributed by atoms with Crippen molar-refractivity contribution < 1.29 is 13.5 Å². The van der Waals surface area contributed by atoms with Gasteiger partial charge in [-0.15, -0.1) is 0 Å². The minimum atomic E-state index is -3.57. The first kappa shape index (κ1) is 14.0. The molecule has 0 aliphatic carbocycles. The molecule has 0 spiro atoms. The summed E-state index contributed by atoms with van der Waals surface area (Å²) in [4.78, 5) is 0.137. The summed E-state index contributed by atoms with van der Waals surface area (Å²) in [5.74, 6) is -0.0195. The Morgan fingerprint density at radius 2 is 2.26 bits per heavy atom. The molecule has 1 aromatic rings. The highest BCUT2D eigenvalue weighted by molar-refractivity contribution is 7.89. The van der Waals surface area contributed by atoms with Crippen molar-refractivity contribution in [3.63, 3.8) is 0 Å². The molecule has 5 nitrogen and oxygen atoms in total. The molecule has 2 atom stereocenters. The summed E-state index contributed by atoms with van der Waals surface area (Å²) in [7, 11) is -3.57.